The van der Waals surface area contributed by atoms with Crippen molar-refractivity contribution in [2.45, 2.75) is 24.8 Å². The van der Waals surface area contributed by atoms with E-state index in [-0.39, 0.29) is 23.5 Å². The molecular formula is C16H14F3N. The first-order chi connectivity index (χ1) is 9.61. The van der Waals surface area contributed by atoms with Gasteiger partial charge >= 0.3 is 0 Å². The van der Waals surface area contributed by atoms with E-state index in [4.69, 9.17) is 0 Å². The van der Waals surface area contributed by atoms with E-state index in [1.165, 1.54) is 12.1 Å². The zero-order valence-corrected chi connectivity index (χ0v) is 10.7. The predicted molar refractivity (Wildman–Crippen MR) is 72.1 cm³/mol. The molecule has 1 saturated carbocycles. The summed E-state index contributed by atoms with van der Waals surface area (Å²) in [7, 11) is 0. The summed E-state index contributed by atoms with van der Waals surface area (Å²) in [5, 5.41) is 2.99. The highest BCUT2D eigenvalue weighted by Crippen LogP contribution is 2.38. The van der Waals surface area contributed by atoms with Crippen LogP contribution in [0.2, 0.25) is 0 Å². The minimum absolute atomic E-state index is 0.0968. The second kappa shape index (κ2) is 5.19. The molecule has 104 valence electrons. The van der Waals surface area contributed by atoms with Gasteiger partial charge in [0.1, 0.15) is 17.5 Å². The molecule has 0 aliphatic heterocycles. The van der Waals surface area contributed by atoms with Crippen LogP contribution in [0.4, 0.5) is 18.9 Å². The molecule has 2 aromatic rings. The van der Waals surface area contributed by atoms with Gasteiger partial charge in [-0.05, 0) is 54.7 Å². The van der Waals surface area contributed by atoms with E-state index in [0.717, 1.165) is 36.6 Å². The molecule has 20 heavy (non-hydrogen) atoms. The Kier molecular flexibility index (Phi) is 3.38. The zero-order valence-electron chi connectivity index (χ0n) is 10.7. The van der Waals surface area contributed by atoms with E-state index in [9.17, 15) is 13.2 Å². The SMILES string of the molecule is Fc1cccc(C2CC(Nc3cc(F)ccc3F)C2)c1. The molecule has 2 aromatic carbocycles. The molecule has 0 aromatic heterocycles. The Morgan fingerprint density at radius 2 is 1.65 bits per heavy atom. The summed E-state index contributed by atoms with van der Waals surface area (Å²) in [6.45, 7) is 0. The van der Waals surface area contributed by atoms with Crippen LogP contribution in [-0.2, 0) is 0 Å². The molecule has 1 aliphatic carbocycles. The Bertz CT molecular complexity index is 621. The van der Waals surface area contributed by atoms with Crippen molar-refractivity contribution < 1.29 is 13.2 Å². The standard InChI is InChI=1S/C16H14F3N/c17-12-3-1-2-10(6-12)11-7-14(8-11)20-16-9-13(18)4-5-15(16)19/h1-6,9,11,14,20H,7-8H2. The smallest absolute Gasteiger partial charge is 0.146 e. The van der Waals surface area contributed by atoms with Gasteiger partial charge in [0.2, 0.25) is 0 Å². The number of benzene rings is 2. The third kappa shape index (κ3) is 2.64. The van der Waals surface area contributed by atoms with Crippen molar-refractivity contribution in [2.75, 3.05) is 5.32 Å². The minimum Gasteiger partial charge on any atom is -0.380 e. The summed E-state index contributed by atoms with van der Waals surface area (Å²) in [5.74, 6) is -0.884. The summed E-state index contributed by atoms with van der Waals surface area (Å²) in [6.07, 6.45) is 1.58. The third-order valence-corrected chi connectivity index (χ3v) is 3.75. The van der Waals surface area contributed by atoms with Crippen molar-refractivity contribution in [1.82, 2.24) is 0 Å². The number of hydrogen-bond acceptors (Lipinski definition) is 1. The molecule has 0 radical (unpaired) electrons. The Balaban J connectivity index is 1.62. The first kappa shape index (κ1) is 13.0. The first-order valence-electron chi connectivity index (χ1n) is 6.59. The van der Waals surface area contributed by atoms with Crippen LogP contribution in [-0.4, -0.2) is 6.04 Å². The van der Waals surface area contributed by atoms with Gasteiger partial charge in [-0.15, -0.1) is 0 Å². The molecule has 1 fully saturated rings. The van der Waals surface area contributed by atoms with Crippen LogP contribution in [0.1, 0.15) is 24.3 Å². The average molecular weight is 277 g/mol. The highest BCUT2D eigenvalue weighted by atomic mass is 19.1. The van der Waals surface area contributed by atoms with Crippen LogP contribution in [0.5, 0.6) is 0 Å². The van der Waals surface area contributed by atoms with Crippen LogP contribution >= 0.6 is 0 Å². The molecule has 0 spiro atoms. The average Bonchev–Trinajstić information content (AvgIpc) is 2.37. The molecule has 1 aliphatic rings. The fourth-order valence-electron chi connectivity index (χ4n) is 2.60. The van der Waals surface area contributed by atoms with Crippen LogP contribution < -0.4 is 5.32 Å². The van der Waals surface area contributed by atoms with Crippen molar-refractivity contribution >= 4 is 5.69 Å². The van der Waals surface area contributed by atoms with Crippen molar-refractivity contribution in [2.24, 2.45) is 0 Å². The van der Waals surface area contributed by atoms with Gasteiger partial charge < -0.3 is 5.32 Å². The molecule has 1 N–H and O–H groups in total. The van der Waals surface area contributed by atoms with Crippen LogP contribution in [0.3, 0.4) is 0 Å². The Hall–Kier alpha value is -1.97. The molecule has 3 rings (SSSR count). The lowest BCUT2D eigenvalue weighted by molar-refractivity contribution is 0.371. The van der Waals surface area contributed by atoms with Gasteiger partial charge in [0.15, 0.2) is 0 Å². The van der Waals surface area contributed by atoms with E-state index in [1.807, 2.05) is 6.07 Å². The molecule has 0 atom stereocenters. The largest absolute Gasteiger partial charge is 0.380 e. The van der Waals surface area contributed by atoms with Gasteiger partial charge in [0.25, 0.3) is 0 Å². The normalized spacial score (nSPS) is 21.4. The number of nitrogens with one attached hydrogen (secondary N) is 1. The summed E-state index contributed by atoms with van der Waals surface area (Å²) >= 11 is 0. The molecular weight excluding hydrogens is 263 g/mol. The Labute approximate surface area is 115 Å². The van der Waals surface area contributed by atoms with Crippen LogP contribution in [0, 0.1) is 17.5 Å². The minimum atomic E-state index is -0.463. The van der Waals surface area contributed by atoms with Crippen LogP contribution in [0.25, 0.3) is 0 Å². The van der Waals surface area contributed by atoms with Crippen molar-refractivity contribution in [3.8, 4) is 0 Å². The van der Waals surface area contributed by atoms with Gasteiger partial charge in [-0.2, -0.15) is 0 Å². The van der Waals surface area contributed by atoms with E-state index in [1.54, 1.807) is 6.07 Å². The molecule has 0 amide bonds. The Morgan fingerprint density at radius 3 is 2.40 bits per heavy atom. The summed E-state index contributed by atoms with van der Waals surface area (Å²) < 4.78 is 39.7. The highest BCUT2D eigenvalue weighted by Gasteiger charge is 2.30. The van der Waals surface area contributed by atoms with E-state index in [2.05, 4.69) is 5.32 Å². The van der Waals surface area contributed by atoms with Crippen molar-refractivity contribution in [3.63, 3.8) is 0 Å². The lowest BCUT2D eigenvalue weighted by Gasteiger charge is -2.37. The fourth-order valence-corrected chi connectivity index (χ4v) is 2.60. The van der Waals surface area contributed by atoms with Gasteiger partial charge in [-0.3, -0.25) is 0 Å². The van der Waals surface area contributed by atoms with Crippen molar-refractivity contribution in [3.05, 3.63) is 65.5 Å². The van der Waals surface area contributed by atoms with Gasteiger partial charge in [0.05, 0.1) is 5.69 Å². The monoisotopic (exact) mass is 277 g/mol. The van der Waals surface area contributed by atoms with Gasteiger partial charge in [0, 0.05) is 6.04 Å². The lowest BCUT2D eigenvalue weighted by atomic mass is 9.76. The molecule has 0 saturated heterocycles. The quantitative estimate of drug-likeness (QED) is 0.873. The summed E-state index contributed by atoms with van der Waals surface area (Å²) in [6, 6.07) is 10.00. The molecule has 4 heteroatoms. The second-order valence-corrected chi connectivity index (χ2v) is 5.19. The number of halogens is 3. The second-order valence-electron chi connectivity index (χ2n) is 5.19. The highest BCUT2D eigenvalue weighted by molar-refractivity contribution is 5.46. The van der Waals surface area contributed by atoms with E-state index >= 15 is 0 Å². The maximum absolute atomic E-state index is 13.5. The molecule has 0 heterocycles. The van der Waals surface area contributed by atoms with E-state index in [0.29, 0.717) is 0 Å². The first-order valence-corrected chi connectivity index (χ1v) is 6.59. The summed E-state index contributed by atoms with van der Waals surface area (Å²) in [5.41, 5.74) is 1.15. The number of rotatable bonds is 3. The maximum atomic E-state index is 13.5. The molecule has 0 unspecified atom stereocenters. The van der Waals surface area contributed by atoms with Gasteiger partial charge in [-0.1, -0.05) is 12.1 Å². The van der Waals surface area contributed by atoms with Crippen molar-refractivity contribution in [1.29, 1.82) is 0 Å². The number of anilines is 1. The fraction of sp³-hybridized carbons (Fsp3) is 0.250. The maximum Gasteiger partial charge on any atom is 0.146 e. The molecule has 1 nitrogen and oxygen atoms in total. The molecule has 0 bridgehead atoms. The Morgan fingerprint density at radius 1 is 0.900 bits per heavy atom. The lowest BCUT2D eigenvalue weighted by Crippen LogP contribution is -2.34. The number of hydrogen-bond donors (Lipinski definition) is 1. The van der Waals surface area contributed by atoms with Gasteiger partial charge in [-0.25, -0.2) is 13.2 Å². The topological polar surface area (TPSA) is 12.0 Å². The van der Waals surface area contributed by atoms with E-state index < -0.39 is 11.6 Å². The zero-order chi connectivity index (χ0) is 14.1. The third-order valence-electron chi connectivity index (χ3n) is 3.75. The predicted octanol–water partition coefficient (Wildman–Crippen LogP) is 4.46. The summed E-state index contributed by atoms with van der Waals surface area (Å²) in [4.78, 5) is 0. The van der Waals surface area contributed by atoms with Crippen LogP contribution in [0.15, 0.2) is 42.5 Å².